The maximum absolute atomic E-state index is 12.5. The maximum Gasteiger partial charge on any atom is 0.269 e. The Kier molecular flexibility index (Phi) is 4.97. The van der Waals surface area contributed by atoms with Crippen LogP contribution in [0.25, 0.3) is 0 Å². The Morgan fingerprint density at radius 1 is 1.31 bits per heavy atom. The zero-order chi connectivity index (χ0) is 18.7. The molecule has 1 saturated heterocycles. The summed E-state index contributed by atoms with van der Waals surface area (Å²) in [7, 11) is 3.74. The van der Waals surface area contributed by atoms with Crippen molar-refractivity contribution in [3.8, 4) is 5.88 Å². The first kappa shape index (κ1) is 17.6. The number of rotatable bonds is 5. The van der Waals surface area contributed by atoms with E-state index in [2.05, 4.69) is 9.97 Å². The van der Waals surface area contributed by atoms with Crippen LogP contribution in [0, 0.1) is 10.1 Å². The molecule has 0 bridgehead atoms. The zero-order valence-electron chi connectivity index (χ0n) is 14.5. The second kappa shape index (κ2) is 7.34. The van der Waals surface area contributed by atoms with Crippen molar-refractivity contribution in [2.45, 2.75) is 12.5 Å². The van der Waals surface area contributed by atoms with Gasteiger partial charge < -0.3 is 14.5 Å². The first-order valence-electron chi connectivity index (χ1n) is 8.14. The summed E-state index contributed by atoms with van der Waals surface area (Å²) in [5.74, 6) is 0.948. The summed E-state index contributed by atoms with van der Waals surface area (Å²) < 4.78 is 5.85. The Labute approximate surface area is 150 Å². The predicted octanol–water partition coefficient (Wildman–Crippen LogP) is 1.74. The molecular weight excluding hydrogens is 338 g/mol. The van der Waals surface area contributed by atoms with Crippen LogP contribution >= 0.6 is 0 Å². The summed E-state index contributed by atoms with van der Waals surface area (Å²) in [6, 6.07) is 5.61. The monoisotopic (exact) mass is 357 g/mol. The van der Waals surface area contributed by atoms with Crippen LogP contribution in [-0.2, 0) is 0 Å². The molecule has 2 aromatic rings. The molecule has 0 saturated carbocycles. The lowest BCUT2D eigenvalue weighted by molar-refractivity contribution is -0.384. The van der Waals surface area contributed by atoms with Gasteiger partial charge in [0.05, 0.1) is 23.9 Å². The number of benzene rings is 1. The van der Waals surface area contributed by atoms with E-state index in [0.29, 0.717) is 36.8 Å². The quantitative estimate of drug-likeness (QED) is 0.593. The van der Waals surface area contributed by atoms with Crippen LogP contribution in [0.1, 0.15) is 16.8 Å². The summed E-state index contributed by atoms with van der Waals surface area (Å²) in [5, 5.41) is 10.7. The van der Waals surface area contributed by atoms with Crippen LogP contribution in [0.3, 0.4) is 0 Å². The van der Waals surface area contributed by atoms with Crippen molar-refractivity contribution < 1.29 is 14.5 Å². The largest absolute Gasteiger partial charge is 0.471 e. The first-order valence-corrected chi connectivity index (χ1v) is 8.14. The second-order valence-electron chi connectivity index (χ2n) is 6.19. The summed E-state index contributed by atoms with van der Waals surface area (Å²) in [5.41, 5.74) is 0.383. The number of nitro benzene ring substituents is 1. The van der Waals surface area contributed by atoms with E-state index < -0.39 is 4.92 Å². The Balaban J connectivity index is 1.62. The van der Waals surface area contributed by atoms with Gasteiger partial charge in [-0.1, -0.05) is 0 Å². The SMILES string of the molecule is CN(C)c1cncc(OC2CCN(C(=O)c3ccc([N+](=O)[O-])cc3)C2)n1. The topological polar surface area (TPSA) is 102 Å². The van der Waals surface area contributed by atoms with Crippen molar-refractivity contribution in [1.29, 1.82) is 0 Å². The molecule has 3 rings (SSSR count). The van der Waals surface area contributed by atoms with Crippen molar-refractivity contribution in [2.24, 2.45) is 0 Å². The van der Waals surface area contributed by atoms with Gasteiger partial charge in [0.15, 0.2) is 5.82 Å². The highest BCUT2D eigenvalue weighted by molar-refractivity contribution is 5.94. The van der Waals surface area contributed by atoms with Crippen LogP contribution in [0.4, 0.5) is 11.5 Å². The summed E-state index contributed by atoms with van der Waals surface area (Å²) >= 11 is 0. The Hall–Kier alpha value is -3.23. The van der Waals surface area contributed by atoms with E-state index in [9.17, 15) is 14.9 Å². The molecule has 1 amide bonds. The lowest BCUT2D eigenvalue weighted by atomic mass is 10.2. The molecule has 136 valence electrons. The molecule has 1 aliphatic rings. The number of ether oxygens (including phenoxy) is 1. The minimum Gasteiger partial charge on any atom is -0.471 e. The van der Waals surface area contributed by atoms with Crippen LogP contribution in [-0.4, -0.2) is 59.0 Å². The summed E-state index contributed by atoms with van der Waals surface area (Å²) in [4.78, 5) is 34.7. The molecule has 1 fully saturated rings. The molecule has 9 nitrogen and oxygen atoms in total. The predicted molar refractivity (Wildman–Crippen MR) is 94.4 cm³/mol. The number of carbonyl (C=O) groups excluding carboxylic acids is 1. The maximum atomic E-state index is 12.5. The van der Waals surface area contributed by atoms with Gasteiger partial charge in [-0.2, -0.15) is 4.98 Å². The van der Waals surface area contributed by atoms with Gasteiger partial charge >= 0.3 is 0 Å². The zero-order valence-corrected chi connectivity index (χ0v) is 14.5. The standard InChI is InChI=1S/C17H19N5O4/c1-20(2)15-9-18-10-16(19-15)26-14-7-8-21(11-14)17(23)12-3-5-13(6-4-12)22(24)25/h3-6,9-10,14H,7-8,11H2,1-2H3. The number of carbonyl (C=O) groups is 1. The molecule has 1 aromatic heterocycles. The Morgan fingerprint density at radius 3 is 2.69 bits per heavy atom. The minimum absolute atomic E-state index is 0.0384. The van der Waals surface area contributed by atoms with Crippen molar-refractivity contribution in [3.05, 3.63) is 52.3 Å². The van der Waals surface area contributed by atoms with Crippen LogP contribution in [0.15, 0.2) is 36.7 Å². The minimum atomic E-state index is -0.489. The molecule has 0 aliphatic carbocycles. The Bertz CT molecular complexity index is 809. The van der Waals surface area contributed by atoms with Gasteiger partial charge in [0, 0.05) is 44.8 Å². The van der Waals surface area contributed by atoms with E-state index in [1.165, 1.54) is 24.3 Å². The van der Waals surface area contributed by atoms with Crippen molar-refractivity contribution in [3.63, 3.8) is 0 Å². The number of hydrogen-bond acceptors (Lipinski definition) is 7. The highest BCUT2D eigenvalue weighted by Gasteiger charge is 2.29. The van der Waals surface area contributed by atoms with E-state index >= 15 is 0 Å². The molecule has 2 heterocycles. The molecule has 1 unspecified atom stereocenters. The second-order valence-corrected chi connectivity index (χ2v) is 6.19. The normalized spacial score (nSPS) is 16.4. The van der Waals surface area contributed by atoms with Gasteiger partial charge in [-0.25, -0.2) is 0 Å². The fourth-order valence-corrected chi connectivity index (χ4v) is 2.70. The third-order valence-electron chi connectivity index (χ3n) is 4.10. The van der Waals surface area contributed by atoms with Crippen molar-refractivity contribution in [1.82, 2.24) is 14.9 Å². The van der Waals surface area contributed by atoms with Crippen LogP contribution in [0.5, 0.6) is 5.88 Å². The van der Waals surface area contributed by atoms with E-state index in [0.717, 1.165) is 0 Å². The fraction of sp³-hybridized carbons (Fsp3) is 0.353. The molecular formula is C17H19N5O4. The van der Waals surface area contributed by atoms with Gasteiger partial charge in [0.25, 0.3) is 11.6 Å². The molecule has 0 spiro atoms. The third kappa shape index (κ3) is 3.88. The lowest BCUT2D eigenvalue weighted by Crippen LogP contribution is -2.31. The lowest BCUT2D eigenvalue weighted by Gasteiger charge is -2.17. The summed E-state index contributed by atoms with van der Waals surface area (Å²) in [6.07, 6.45) is 3.72. The van der Waals surface area contributed by atoms with Gasteiger partial charge in [-0.05, 0) is 12.1 Å². The number of amides is 1. The van der Waals surface area contributed by atoms with E-state index in [-0.39, 0.29) is 17.7 Å². The molecule has 26 heavy (non-hydrogen) atoms. The number of non-ortho nitro benzene ring substituents is 1. The van der Waals surface area contributed by atoms with Crippen LogP contribution < -0.4 is 9.64 Å². The van der Waals surface area contributed by atoms with Crippen molar-refractivity contribution in [2.75, 3.05) is 32.1 Å². The first-order chi connectivity index (χ1) is 12.4. The number of anilines is 1. The van der Waals surface area contributed by atoms with Gasteiger partial charge in [-0.3, -0.25) is 19.9 Å². The number of nitro groups is 1. The highest BCUT2D eigenvalue weighted by atomic mass is 16.6. The number of nitrogens with zero attached hydrogens (tertiary/aromatic N) is 5. The van der Waals surface area contributed by atoms with E-state index in [4.69, 9.17) is 4.74 Å². The molecule has 9 heteroatoms. The fourth-order valence-electron chi connectivity index (χ4n) is 2.70. The average molecular weight is 357 g/mol. The molecule has 0 radical (unpaired) electrons. The highest BCUT2D eigenvalue weighted by Crippen LogP contribution is 2.20. The molecule has 0 N–H and O–H groups in total. The molecule has 1 atom stereocenters. The van der Waals surface area contributed by atoms with Gasteiger partial charge in [0.1, 0.15) is 6.10 Å². The molecule has 1 aromatic carbocycles. The number of likely N-dealkylation sites (tertiary alicyclic amines) is 1. The van der Waals surface area contributed by atoms with E-state index in [1.54, 1.807) is 17.3 Å². The number of hydrogen-bond donors (Lipinski definition) is 0. The summed E-state index contributed by atoms with van der Waals surface area (Å²) in [6.45, 7) is 0.991. The third-order valence-corrected chi connectivity index (χ3v) is 4.10. The van der Waals surface area contributed by atoms with Crippen LogP contribution in [0.2, 0.25) is 0 Å². The van der Waals surface area contributed by atoms with Crippen molar-refractivity contribution >= 4 is 17.4 Å². The molecule has 1 aliphatic heterocycles. The van der Waals surface area contributed by atoms with Gasteiger partial charge in [-0.15, -0.1) is 0 Å². The Morgan fingerprint density at radius 2 is 2.04 bits per heavy atom. The number of aromatic nitrogens is 2. The smallest absolute Gasteiger partial charge is 0.269 e. The van der Waals surface area contributed by atoms with E-state index in [1.807, 2.05) is 19.0 Å². The van der Waals surface area contributed by atoms with Gasteiger partial charge in [0.2, 0.25) is 5.88 Å². The average Bonchev–Trinajstić information content (AvgIpc) is 3.09.